The van der Waals surface area contributed by atoms with Crippen LogP contribution in [0.5, 0.6) is 0 Å². The summed E-state index contributed by atoms with van der Waals surface area (Å²) >= 11 is 0. The van der Waals surface area contributed by atoms with Gasteiger partial charge < -0.3 is 9.32 Å². The molecule has 4 nitrogen and oxygen atoms in total. The normalized spacial score (nSPS) is 14.2. The molecule has 0 aliphatic rings. The van der Waals surface area contributed by atoms with Crippen LogP contribution in [0.1, 0.15) is 24.9 Å². The molecule has 1 heterocycles. The van der Waals surface area contributed by atoms with Gasteiger partial charge in [-0.05, 0) is 26.0 Å². The molecule has 1 aromatic heterocycles. The fraction of sp³-hybridized carbons (Fsp3) is 0.615. The summed E-state index contributed by atoms with van der Waals surface area (Å²) in [6, 6.07) is 3.79. The van der Waals surface area contributed by atoms with E-state index in [4.69, 9.17) is 4.42 Å². The molecule has 1 aromatic rings. The summed E-state index contributed by atoms with van der Waals surface area (Å²) in [5, 5.41) is 0. The van der Waals surface area contributed by atoms with Crippen molar-refractivity contribution in [3.63, 3.8) is 0 Å². The van der Waals surface area contributed by atoms with Crippen LogP contribution in [0.2, 0.25) is 0 Å². The van der Waals surface area contributed by atoms with Crippen LogP contribution < -0.4 is 0 Å². The molecule has 0 saturated carbocycles. The number of aryl methyl sites for hydroxylation is 2. The summed E-state index contributed by atoms with van der Waals surface area (Å²) in [6.07, 6.45) is 2.68. The molecule has 0 aliphatic carbocycles. The zero-order valence-corrected chi connectivity index (χ0v) is 12.3. The van der Waals surface area contributed by atoms with Crippen molar-refractivity contribution in [3.8, 4) is 0 Å². The van der Waals surface area contributed by atoms with Crippen molar-refractivity contribution in [2.45, 2.75) is 32.7 Å². The average Bonchev–Trinajstić information content (AvgIpc) is 2.70. The van der Waals surface area contributed by atoms with E-state index in [0.29, 0.717) is 18.6 Å². The average molecular weight is 271 g/mol. The first-order chi connectivity index (χ1) is 8.40. The molecule has 102 valence electrons. The van der Waals surface area contributed by atoms with Gasteiger partial charge in [0.1, 0.15) is 11.5 Å². The van der Waals surface area contributed by atoms with Crippen LogP contribution in [-0.2, 0) is 22.0 Å². The van der Waals surface area contributed by atoms with Gasteiger partial charge in [-0.3, -0.25) is 9.00 Å². The van der Waals surface area contributed by atoms with Crippen LogP contribution >= 0.6 is 0 Å². The van der Waals surface area contributed by atoms with Crippen molar-refractivity contribution in [3.05, 3.63) is 23.7 Å². The Hall–Kier alpha value is -1.10. The zero-order chi connectivity index (χ0) is 13.7. The Morgan fingerprint density at radius 3 is 2.67 bits per heavy atom. The third-order valence-corrected chi connectivity index (χ3v) is 3.86. The molecule has 0 aliphatic heterocycles. The van der Waals surface area contributed by atoms with Crippen molar-refractivity contribution in [1.29, 1.82) is 0 Å². The maximum atomic E-state index is 11.9. The van der Waals surface area contributed by atoms with Gasteiger partial charge in [-0.2, -0.15) is 0 Å². The fourth-order valence-corrected chi connectivity index (χ4v) is 2.63. The van der Waals surface area contributed by atoms with E-state index in [1.54, 1.807) is 18.2 Å². The van der Waals surface area contributed by atoms with Crippen LogP contribution in [0.3, 0.4) is 0 Å². The van der Waals surface area contributed by atoms with Crippen molar-refractivity contribution in [2.24, 2.45) is 0 Å². The molecule has 2 atom stereocenters. The molecular weight excluding hydrogens is 250 g/mol. The van der Waals surface area contributed by atoms with Crippen molar-refractivity contribution >= 4 is 16.7 Å². The van der Waals surface area contributed by atoms with E-state index >= 15 is 0 Å². The maximum absolute atomic E-state index is 11.9. The van der Waals surface area contributed by atoms with Gasteiger partial charge in [0.2, 0.25) is 5.91 Å². The Balaban J connectivity index is 2.42. The molecule has 0 fully saturated rings. The van der Waals surface area contributed by atoms with Crippen LogP contribution in [0.15, 0.2) is 16.5 Å². The molecule has 0 N–H and O–H groups in total. The lowest BCUT2D eigenvalue weighted by Crippen LogP contribution is -2.38. The smallest absolute Gasteiger partial charge is 0.223 e. The van der Waals surface area contributed by atoms with E-state index in [1.807, 2.05) is 26.0 Å². The third kappa shape index (κ3) is 4.64. The van der Waals surface area contributed by atoms with E-state index < -0.39 is 10.8 Å². The number of hydrogen-bond donors (Lipinski definition) is 0. The third-order valence-electron chi connectivity index (χ3n) is 2.91. The SMILES string of the molecule is Cc1ccc(CCC(=O)N(C)[C@@H](C)C[S@@](C)=O)o1. The number of furan rings is 1. The second kappa shape index (κ2) is 6.73. The first-order valence-electron chi connectivity index (χ1n) is 6.01. The highest BCUT2D eigenvalue weighted by Crippen LogP contribution is 2.10. The van der Waals surface area contributed by atoms with Crippen LogP contribution in [-0.4, -0.2) is 40.1 Å². The quantitative estimate of drug-likeness (QED) is 0.792. The monoisotopic (exact) mass is 271 g/mol. The number of carbonyl (C=O) groups excluding carboxylic acids is 1. The highest BCUT2D eigenvalue weighted by molar-refractivity contribution is 7.84. The Morgan fingerprint density at radius 1 is 1.50 bits per heavy atom. The minimum absolute atomic E-state index is 0.00155. The van der Waals surface area contributed by atoms with E-state index in [1.165, 1.54) is 0 Å². The van der Waals surface area contributed by atoms with Gasteiger partial charge >= 0.3 is 0 Å². The van der Waals surface area contributed by atoms with E-state index in [9.17, 15) is 9.00 Å². The van der Waals surface area contributed by atoms with E-state index in [0.717, 1.165) is 11.5 Å². The number of nitrogens with zero attached hydrogens (tertiary/aromatic N) is 1. The Labute approximate surface area is 111 Å². The van der Waals surface area contributed by atoms with Crippen LogP contribution in [0.4, 0.5) is 0 Å². The molecule has 0 bridgehead atoms. The highest BCUT2D eigenvalue weighted by atomic mass is 32.2. The van der Waals surface area contributed by atoms with Gasteiger partial charge in [-0.1, -0.05) is 0 Å². The molecular formula is C13H21NO3S. The van der Waals surface area contributed by atoms with Gasteiger partial charge in [0, 0.05) is 48.7 Å². The zero-order valence-electron chi connectivity index (χ0n) is 11.4. The predicted octanol–water partition coefficient (Wildman–Crippen LogP) is 1.75. The highest BCUT2D eigenvalue weighted by Gasteiger charge is 2.17. The summed E-state index contributed by atoms with van der Waals surface area (Å²) < 4.78 is 16.5. The molecule has 0 unspecified atom stereocenters. The molecule has 1 rings (SSSR count). The second-order valence-electron chi connectivity index (χ2n) is 4.61. The van der Waals surface area contributed by atoms with Gasteiger partial charge in [0.05, 0.1) is 0 Å². The van der Waals surface area contributed by atoms with Crippen molar-refractivity contribution < 1.29 is 13.4 Å². The molecule has 5 heteroatoms. The van der Waals surface area contributed by atoms with Gasteiger partial charge in [-0.25, -0.2) is 0 Å². The Kier molecular flexibility index (Phi) is 5.59. The fourth-order valence-electron chi connectivity index (χ4n) is 1.72. The van der Waals surface area contributed by atoms with Crippen LogP contribution in [0.25, 0.3) is 0 Å². The molecule has 0 saturated heterocycles. The summed E-state index contributed by atoms with van der Waals surface area (Å²) in [4.78, 5) is 13.6. The van der Waals surface area contributed by atoms with Gasteiger partial charge in [0.25, 0.3) is 0 Å². The number of carbonyl (C=O) groups is 1. The molecule has 18 heavy (non-hydrogen) atoms. The van der Waals surface area contributed by atoms with Gasteiger partial charge in [0.15, 0.2) is 0 Å². The number of amides is 1. The van der Waals surface area contributed by atoms with Crippen LogP contribution in [0, 0.1) is 6.92 Å². The first kappa shape index (κ1) is 15.0. The second-order valence-corrected chi connectivity index (χ2v) is 6.09. The number of hydrogen-bond acceptors (Lipinski definition) is 3. The lowest BCUT2D eigenvalue weighted by molar-refractivity contribution is -0.131. The summed E-state index contributed by atoms with van der Waals surface area (Å²) in [5.74, 6) is 2.27. The van der Waals surface area contributed by atoms with E-state index in [-0.39, 0.29) is 11.9 Å². The lowest BCUT2D eigenvalue weighted by Gasteiger charge is -2.24. The Bertz CT molecular complexity index is 428. The van der Waals surface area contributed by atoms with Gasteiger partial charge in [-0.15, -0.1) is 0 Å². The summed E-state index contributed by atoms with van der Waals surface area (Å²) in [5.41, 5.74) is 0. The molecule has 0 radical (unpaired) electrons. The minimum atomic E-state index is -0.882. The lowest BCUT2D eigenvalue weighted by atomic mass is 10.2. The number of rotatable bonds is 6. The molecule has 0 spiro atoms. The predicted molar refractivity (Wildman–Crippen MR) is 72.9 cm³/mol. The topological polar surface area (TPSA) is 50.5 Å². The van der Waals surface area contributed by atoms with E-state index in [2.05, 4.69) is 0 Å². The standard InChI is InChI=1S/C13H21NO3S/c1-10(9-18(4)16)14(3)13(15)8-7-12-6-5-11(2)17-12/h5-6,10H,7-9H2,1-4H3/t10-,18+/m0/s1. The largest absolute Gasteiger partial charge is 0.466 e. The van der Waals surface area contributed by atoms with Crippen molar-refractivity contribution in [2.75, 3.05) is 19.1 Å². The summed E-state index contributed by atoms with van der Waals surface area (Å²) in [7, 11) is 0.875. The molecule has 0 aromatic carbocycles. The van der Waals surface area contributed by atoms with Crippen molar-refractivity contribution in [1.82, 2.24) is 4.90 Å². The summed E-state index contributed by atoms with van der Waals surface area (Å²) in [6.45, 7) is 3.80. The Morgan fingerprint density at radius 2 is 2.17 bits per heavy atom. The maximum Gasteiger partial charge on any atom is 0.223 e. The first-order valence-corrected chi connectivity index (χ1v) is 7.74. The molecule has 1 amide bonds. The minimum Gasteiger partial charge on any atom is -0.466 e.